The van der Waals surface area contributed by atoms with Crippen LogP contribution in [0, 0.1) is 0 Å². The average Bonchev–Trinajstić information content (AvgIpc) is 3.70. The number of rotatable bonds is 6. The number of hydrogen-bond acceptors (Lipinski definition) is 0. The molecule has 0 nitrogen and oxygen atoms in total. The van der Waals surface area contributed by atoms with Gasteiger partial charge in [0.2, 0.25) is 0 Å². The fourth-order valence-corrected chi connectivity index (χ4v) is 20.1. The third kappa shape index (κ3) is 5.22. The van der Waals surface area contributed by atoms with Gasteiger partial charge < -0.3 is 0 Å². The third-order valence-corrected chi connectivity index (χ3v) is 21.3. The Morgan fingerprint density at radius 3 is 1.04 bits per heavy atom. The van der Waals surface area contributed by atoms with Crippen LogP contribution in [0.5, 0.6) is 0 Å². The Hall–Kier alpha value is -3.74. The molecule has 2 aliphatic rings. The van der Waals surface area contributed by atoms with Gasteiger partial charge in [0.25, 0.3) is 0 Å². The van der Waals surface area contributed by atoms with Gasteiger partial charge in [-0.3, -0.25) is 0 Å². The first kappa shape index (κ1) is 28.7. The van der Waals surface area contributed by atoms with Crippen molar-refractivity contribution in [3.63, 3.8) is 0 Å². The first-order valence-electron chi connectivity index (χ1n) is 15.4. The molecule has 0 spiro atoms. The zero-order chi connectivity index (χ0) is 30.4. The molecule has 45 heavy (non-hydrogen) atoms. The predicted molar refractivity (Wildman–Crippen MR) is 190 cm³/mol. The Bertz CT molecular complexity index is 1910. The molecule has 0 heterocycles. The van der Waals surface area contributed by atoms with Crippen molar-refractivity contribution in [2.75, 3.05) is 0 Å². The Morgan fingerprint density at radius 2 is 0.644 bits per heavy atom. The molecule has 2 unspecified atom stereocenters. The van der Waals surface area contributed by atoms with Gasteiger partial charge >= 0.3 is 279 Å². The van der Waals surface area contributed by atoms with Crippen molar-refractivity contribution in [1.29, 1.82) is 0 Å². The molecule has 0 N–H and O–H groups in total. The summed E-state index contributed by atoms with van der Waals surface area (Å²) in [4.78, 5) is 0. The molecule has 0 amide bonds. The summed E-state index contributed by atoms with van der Waals surface area (Å²) in [5, 5.41) is 0. The van der Waals surface area contributed by atoms with Gasteiger partial charge in [0.15, 0.2) is 0 Å². The van der Waals surface area contributed by atoms with Crippen LogP contribution in [0.2, 0.25) is 0 Å². The van der Waals surface area contributed by atoms with E-state index < -0.39 is 17.9 Å². The van der Waals surface area contributed by atoms with Gasteiger partial charge in [-0.15, -0.1) is 0 Å². The predicted octanol–water partition coefficient (Wildman–Crippen LogP) is 12.4. The number of fused-ring (bicyclic) bond motifs is 2. The summed E-state index contributed by atoms with van der Waals surface area (Å²) in [6.45, 7) is 0. The van der Waals surface area contributed by atoms with E-state index in [1.807, 2.05) is 0 Å². The molecule has 0 radical (unpaired) electrons. The molecule has 0 aliphatic heterocycles. The van der Waals surface area contributed by atoms with Crippen molar-refractivity contribution in [3.05, 3.63) is 191 Å². The van der Waals surface area contributed by atoms with Crippen molar-refractivity contribution < 1.29 is 17.9 Å². The molecule has 0 saturated carbocycles. The van der Waals surface area contributed by atoms with Crippen LogP contribution in [0.1, 0.15) is 40.6 Å². The van der Waals surface area contributed by atoms with E-state index in [1.165, 1.54) is 66.8 Å². The second-order valence-corrected chi connectivity index (χ2v) is 26.6. The van der Waals surface area contributed by atoms with Crippen LogP contribution < -0.4 is 0 Å². The fraction of sp³-hybridized carbons (Fsp3) is 0.0476. The molecule has 6 aromatic carbocycles. The van der Waals surface area contributed by atoms with E-state index in [2.05, 4.69) is 170 Å². The van der Waals surface area contributed by atoms with Gasteiger partial charge in [0, 0.05) is 0 Å². The minimum absolute atomic E-state index is 0.0236. The van der Waals surface area contributed by atoms with Gasteiger partial charge in [-0.05, 0) is 0 Å². The molecule has 0 bridgehead atoms. The molecule has 6 aromatic rings. The Morgan fingerprint density at radius 1 is 0.333 bits per heavy atom. The molecule has 8 rings (SSSR count). The van der Waals surface area contributed by atoms with Crippen molar-refractivity contribution >= 4 is 40.3 Å². The van der Waals surface area contributed by atoms with Gasteiger partial charge in [-0.25, -0.2) is 0 Å². The van der Waals surface area contributed by atoms with Crippen LogP contribution in [-0.4, -0.2) is 0 Å². The van der Waals surface area contributed by atoms with Crippen LogP contribution >= 0.6 is 17.0 Å². The summed E-state index contributed by atoms with van der Waals surface area (Å²) in [5.74, 6) is 0. The van der Waals surface area contributed by atoms with Gasteiger partial charge in [-0.2, -0.15) is 0 Å². The number of allylic oxidation sites excluding steroid dienone is 2. The quantitative estimate of drug-likeness (QED) is 0.163. The summed E-state index contributed by atoms with van der Waals surface area (Å²) in [5.41, 5.74) is 14.6. The number of hydrogen-bond donors (Lipinski definition) is 0. The molecule has 0 aromatic heterocycles. The van der Waals surface area contributed by atoms with Crippen molar-refractivity contribution in [3.8, 4) is 22.3 Å². The minimum atomic E-state index is -4.21. The van der Waals surface area contributed by atoms with E-state index in [1.54, 1.807) is 0 Å². The summed E-state index contributed by atoms with van der Waals surface area (Å²) < 4.78 is -0.0471. The summed E-state index contributed by atoms with van der Waals surface area (Å²) in [7, 11) is 16.1. The molecular formula is C42H30Cl2Zr. The van der Waals surface area contributed by atoms with Gasteiger partial charge in [0.1, 0.15) is 0 Å². The SMILES string of the molecule is [Cl][Zr]([Cl])([CH]1C(c2ccc(-c3ccccc3)cc2)=Cc2ccccc21)[CH]1C(c2ccc(-c3ccccc3)cc2)=Cc2ccccc21. The second-order valence-electron chi connectivity index (χ2n) is 11.9. The van der Waals surface area contributed by atoms with Crippen LogP contribution in [-0.2, 0) is 17.9 Å². The number of benzene rings is 6. The zero-order valence-corrected chi connectivity index (χ0v) is 28.5. The molecule has 0 saturated heterocycles. The molecule has 0 fully saturated rings. The first-order valence-corrected chi connectivity index (χ1v) is 24.6. The van der Waals surface area contributed by atoms with E-state index in [0.29, 0.717) is 0 Å². The van der Waals surface area contributed by atoms with Gasteiger partial charge in [-0.1, -0.05) is 0 Å². The van der Waals surface area contributed by atoms with Crippen LogP contribution in [0.4, 0.5) is 0 Å². The van der Waals surface area contributed by atoms with E-state index in [9.17, 15) is 0 Å². The molecular weight excluding hydrogens is 667 g/mol. The Kier molecular flexibility index (Phi) is 7.59. The second kappa shape index (κ2) is 11.9. The van der Waals surface area contributed by atoms with Crippen molar-refractivity contribution in [2.24, 2.45) is 0 Å². The first-order chi connectivity index (χ1) is 22.1. The van der Waals surface area contributed by atoms with Crippen LogP contribution in [0.15, 0.2) is 158 Å². The van der Waals surface area contributed by atoms with E-state index in [4.69, 9.17) is 17.0 Å². The van der Waals surface area contributed by atoms with Crippen molar-refractivity contribution in [2.45, 2.75) is 7.25 Å². The average molecular weight is 697 g/mol. The zero-order valence-electron chi connectivity index (χ0n) is 24.6. The topological polar surface area (TPSA) is 0 Å². The summed E-state index contributed by atoms with van der Waals surface area (Å²) in [6, 6.07) is 56.2. The monoisotopic (exact) mass is 694 g/mol. The van der Waals surface area contributed by atoms with Crippen LogP contribution in [0.3, 0.4) is 0 Å². The fourth-order valence-electron chi connectivity index (χ4n) is 7.11. The van der Waals surface area contributed by atoms with E-state index in [-0.39, 0.29) is 7.25 Å². The Labute approximate surface area is 276 Å². The van der Waals surface area contributed by atoms with Crippen LogP contribution in [0.25, 0.3) is 45.6 Å². The maximum absolute atomic E-state index is 8.04. The molecule has 2 atom stereocenters. The third-order valence-electron chi connectivity index (χ3n) is 9.28. The summed E-state index contributed by atoms with van der Waals surface area (Å²) >= 11 is -4.21. The summed E-state index contributed by atoms with van der Waals surface area (Å²) in [6.07, 6.45) is 4.65. The maximum atomic E-state index is 8.04. The molecule has 2 aliphatic carbocycles. The van der Waals surface area contributed by atoms with E-state index >= 15 is 0 Å². The Balaban J connectivity index is 1.21. The van der Waals surface area contributed by atoms with Crippen molar-refractivity contribution in [1.82, 2.24) is 0 Å². The van der Waals surface area contributed by atoms with Gasteiger partial charge in [0.05, 0.1) is 0 Å². The normalized spacial score (nSPS) is 16.9. The standard InChI is InChI=1S/2C21H15.2ClH.Zr/c2*1-2-6-16(7-3-1)17-10-12-18(13-11-17)21-14-19-8-4-5-9-20(19)15-21;;;/h2*1-15H;2*1H;/q;;;;+2/p-2. The molecule has 3 heteroatoms. The van der Waals surface area contributed by atoms with E-state index in [0.717, 1.165) is 0 Å². The molecule has 216 valence electrons. The number of halogens is 2.